The monoisotopic (exact) mass is 464 g/mol. The molecule has 4 N–H and O–H groups in total. The number of hydrogen-bond donors (Lipinski definition) is 4. The molecule has 0 spiro atoms. The zero-order chi connectivity index (χ0) is 23.4. The van der Waals surface area contributed by atoms with Gasteiger partial charge < -0.3 is 30.6 Å². The van der Waals surface area contributed by atoms with E-state index >= 15 is 0 Å². The van der Waals surface area contributed by atoms with Gasteiger partial charge in [0.05, 0.1) is 12.8 Å². The van der Waals surface area contributed by atoms with E-state index in [0.29, 0.717) is 24.7 Å². The Labute approximate surface area is 194 Å². The van der Waals surface area contributed by atoms with E-state index < -0.39 is 11.9 Å². The zero-order valence-electron chi connectivity index (χ0n) is 18.9. The van der Waals surface area contributed by atoms with Gasteiger partial charge in [0.2, 0.25) is 0 Å². The molecule has 2 aliphatic rings. The summed E-state index contributed by atoms with van der Waals surface area (Å²) in [7, 11) is 7.47. The van der Waals surface area contributed by atoms with Gasteiger partial charge >= 0.3 is 11.9 Å². The average Bonchev–Trinajstić information content (AvgIpc) is 2.69. The van der Waals surface area contributed by atoms with Crippen LogP contribution in [0.2, 0.25) is 0 Å². The van der Waals surface area contributed by atoms with E-state index in [4.69, 9.17) is 10.2 Å². The highest BCUT2D eigenvalue weighted by Crippen LogP contribution is 2.01. The van der Waals surface area contributed by atoms with Gasteiger partial charge in [-0.15, -0.1) is 0 Å². The highest BCUT2D eigenvalue weighted by Gasteiger charge is 2.11. The lowest BCUT2D eigenvalue weighted by molar-refractivity contribution is -0.138. The van der Waals surface area contributed by atoms with Crippen LogP contribution in [0.3, 0.4) is 0 Å². The highest BCUT2D eigenvalue weighted by atomic mass is 16.4. The molecule has 0 unspecified atom stereocenters. The van der Waals surface area contributed by atoms with E-state index in [1.165, 1.54) is 0 Å². The summed E-state index contributed by atoms with van der Waals surface area (Å²) in [5.74, 6) is -0.671. The largest absolute Gasteiger partial charge is 0.481 e. The van der Waals surface area contributed by atoms with Gasteiger partial charge in [0.25, 0.3) is 0 Å². The van der Waals surface area contributed by atoms with Gasteiger partial charge in [0.15, 0.2) is 0 Å². The van der Waals surface area contributed by atoms with Crippen LogP contribution in [0.25, 0.3) is 0 Å². The summed E-state index contributed by atoms with van der Waals surface area (Å²) in [6.45, 7) is 4.86. The number of nitrogens with zero attached hydrogens (tertiary/aromatic N) is 2. The summed E-state index contributed by atoms with van der Waals surface area (Å²) >= 11 is 0. The number of hydrogen-bond acceptors (Lipinski definition) is 8. The molecule has 0 aromatic rings. The second-order valence-electron chi connectivity index (χ2n) is 7.32. The van der Waals surface area contributed by atoms with E-state index in [9.17, 15) is 19.2 Å². The van der Waals surface area contributed by atoms with Crippen molar-refractivity contribution in [3.8, 4) is 0 Å². The maximum atomic E-state index is 10.6. The second-order valence-corrected chi connectivity index (χ2v) is 7.32. The van der Waals surface area contributed by atoms with Crippen LogP contribution < -0.4 is 10.6 Å². The van der Waals surface area contributed by atoms with Crippen LogP contribution in [0.15, 0.2) is 0 Å². The first-order valence-corrected chi connectivity index (χ1v) is 10.2. The van der Waals surface area contributed by atoms with Gasteiger partial charge in [-0.2, -0.15) is 0 Å². The van der Waals surface area contributed by atoms with Crippen LogP contribution >= 0.6 is 0 Å². The summed E-state index contributed by atoms with van der Waals surface area (Å²) in [5, 5.41) is 22.0. The lowest BCUT2D eigenvalue weighted by Crippen LogP contribution is -2.29. The van der Waals surface area contributed by atoms with Crippen LogP contribution in [0.4, 0.5) is 0 Å². The summed E-state index contributed by atoms with van der Waals surface area (Å²) < 4.78 is 0. The van der Waals surface area contributed by atoms with Crippen LogP contribution in [0.5, 0.6) is 0 Å². The normalized spacial score (nSPS) is 15.3. The first kappa shape index (κ1) is 37.4. The van der Waals surface area contributed by atoms with Gasteiger partial charge in [-0.05, 0) is 28.2 Å². The molecule has 2 aliphatic heterocycles. The van der Waals surface area contributed by atoms with Gasteiger partial charge in [-0.25, -0.2) is 0 Å². The number of Topliss-reactive ketones (excluding diaryl/α,β-unsaturated/α-hetero) is 2. The fraction of sp³-hybridized carbons (Fsp3) is 0.818. The number of piperidine rings is 2. The molecule has 0 radical (unpaired) electrons. The van der Waals surface area contributed by atoms with E-state index in [-0.39, 0.29) is 27.7 Å². The minimum absolute atomic E-state index is 0. The van der Waals surface area contributed by atoms with Crippen molar-refractivity contribution in [2.75, 3.05) is 67.5 Å². The molecular weight excluding hydrogens is 416 g/mol. The lowest BCUT2D eigenvalue weighted by Gasteiger charge is -2.19. The number of nitrogens with one attached hydrogen (secondary N) is 2. The number of carboxylic acids is 2. The SMILES string of the molecule is C.C.CN(C)CCC(=O)O.CN1CCC(=O)CC1.CNCCC(=O)O.O=C1CCNCC1. The fourth-order valence-corrected chi connectivity index (χ4v) is 2.12. The van der Waals surface area contributed by atoms with Crippen LogP contribution in [-0.4, -0.2) is 111 Å². The molecule has 2 fully saturated rings. The molecule has 10 nitrogen and oxygen atoms in total. The van der Waals surface area contributed by atoms with Crippen molar-refractivity contribution in [1.82, 2.24) is 20.4 Å². The number of likely N-dealkylation sites (tertiary alicyclic amines) is 1. The van der Waals surface area contributed by atoms with E-state index in [2.05, 4.69) is 15.5 Å². The third-order valence-corrected chi connectivity index (χ3v) is 4.07. The molecule has 10 heteroatoms. The third-order valence-electron chi connectivity index (χ3n) is 4.07. The molecule has 192 valence electrons. The standard InChI is InChI=1S/C6H11NO.C5H11NO2.C5H9NO.C4H9NO2.2CH4/c1-7-4-2-6(8)3-5-7;1-6(2)4-3-5(7)8;7-5-1-3-6-4-2-5;1-5-3-2-4(6)7;;/h2-5H2,1H3;3-4H2,1-2H3,(H,7,8);6H,1-4H2;5H,2-3H2,1H3,(H,6,7);2*1H4. The van der Waals surface area contributed by atoms with Crippen molar-refractivity contribution in [1.29, 1.82) is 0 Å². The van der Waals surface area contributed by atoms with Crippen molar-refractivity contribution in [3.05, 3.63) is 0 Å². The Balaban J connectivity index is -0.000000160. The summed E-state index contributed by atoms with van der Waals surface area (Å²) in [5.41, 5.74) is 0. The Hall–Kier alpha value is -1.88. The Morgan fingerprint density at radius 3 is 1.59 bits per heavy atom. The van der Waals surface area contributed by atoms with Crippen molar-refractivity contribution in [2.24, 2.45) is 0 Å². The third kappa shape index (κ3) is 32.8. The quantitative estimate of drug-likeness (QED) is 0.453. The first-order valence-electron chi connectivity index (χ1n) is 10.2. The molecule has 0 aromatic carbocycles. The molecule has 2 heterocycles. The highest BCUT2D eigenvalue weighted by molar-refractivity contribution is 5.79. The predicted octanol–water partition coefficient (Wildman–Crippen LogP) is 1.20. The van der Waals surface area contributed by atoms with Gasteiger partial charge in [-0.3, -0.25) is 19.2 Å². The van der Waals surface area contributed by atoms with Gasteiger partial charge in [0.1, 0.15) is 11.6 Å². The van der Waals surface area contributed by atoms with Gasteiger partial charge in [0, 0.05) is 65.0 Å². The second kappa shape index (κ2) is 25.4. The van der Waals surface area contributed by atoms with Crippen LogP contribution in [0, 0.1) is 0 Å². The number of rotatable bonds is 6. The van der Waals surface area contributed by atoms with Crippen molar-refractivity contribution < 1.29 is 29.4 Å². The van der Waals surface area contributed by atoms with Crippen LogP contribution in [0.1, 0.15) is 53.4 Å². The zero-order valence-corrected chi connectivity index (χ0v) is 18.9. The maximum Gasteiger partial charge on any atom is 0.304 e. The molecule has 2 saturated heterocycles. The number of aliphatic carboxylic acids is 2. The number of carbonyl (C=O) groups is 4. The smallest absolute Gasteiger partial charge is 0.304 e. The maximum absolute atomic E-state index is 10.6. The van der Waals surface area contributed by atoms with E-state index in [1.54, 1.807) is 7.05 Å². The molecule has 0 bridgehead atoms. The Bertz CT molecular complexity index is 483. The molecular formula is C22H48N4O6. The Kier molecular flexibility index (Phi) is 29.7. The van der Waals surface area contributed by atoms with Crippen molar-refractivity contribution in [3.63, 3.8) is 0 Å². The van der Waals surface area contributed by atoms with Crippen molar-refractivity contribution >= 4 is 23.5 Å². The Morgan fingerprint density at radius 1 is 0.938 bits per heavy atom. The molecule has 0 amide bonds. The number of carbonyl (C=O) groups excluding carboxylic acids is 2. The number of ketones is 2. The molecule has 0 aromatic heterocycles. The summed E-state index contributed by atoms with van der Waals surface area (Å²) in [6.07, 6.45) is 3.43. The molecule has 0 saturated carbocycles. The van der Waals surface area contributed by atoms with Crippen molar-refractivity contribution in [2.45, 2.75) is 53.4 Å². The topological polar surface area (TPSA) is 139 Å². The fourth-order valence-electron chi connectivity index (χ4n) is 2.12. The average molecular weight is 465 g/mol. The van der Waals surface area contributed by atoms with Crippen LogP contribution in [-0.2, 0) is 19.2 Å². The molecule has 0 atom stereocenters. The molecule has 2 rings (SSSR count). The molecule has 0 aliphatic carbocycles. The predicted molar refractivity (Wildman–Crippen MR) is 129 cm³/mol. The minimum atomic E-state index is -0.755. The number of carboxylic acid groups (broad SMARTS) is 2. The lowest BCUT2D eigenvalue weighted by atomic mass is 10.1. The van der Waals surface area contributed by atoms with Gasteiger partial charge in [-0.1, -0.05) is 14.9 Å². The minimum Gasteiger partial charge on any atom is -0.481 e. The first-order chi connectivity index (χ1) is 14.1. The molecule has 32 heavy (non-hydrogen) atoms. The Morgan fingerprint density at radius 2 is 1.38 bits per heavy atom. The van der Waals surface area contributed by atoms with E-state index in [0.717, 1.165) is 51.9 Å². The summed E-state index contributed by atoms with van der Waals surface area (Å²) in [4.78, 5) is 44.6. The van der Waals surface area contributed by atoms with E-state index in [1.807, 2.05) is 26.0 Å². The summed E-state index contributed by atoms with van der Waals surface area (Å²) in [6, 6.07) is 0.